The summed E-state index contributed by atoms with van der Waals surface area (Å²) >= 11 is 0. The fraction of sp³-hybridized carbons (Fsp3) is 0.333. The molecule has 0 aliphatic heterocycles. The summed E-state index contributed by atoms with van der Waals surface area (Å²) in [4.78, 5) is 15.6. The van der Waals surface area contributed by atoms with Crippen LogP contribution in [0.4, 0.5) is 5.69 Å². The zero-order valence-electron chi connectivity index (χ0n) is 11.5. The Labute approximate surface area is 117 Å². The van der Waals surface area contributed by atoms with Crippen LogP contribution in [0.15, 0.2) is 30.7 Å². The number of hydrogen-bond acceptors (Lipinski definition) is 3. The van der Waals surface area contributed by atoms with Crippen molar-refractivity contribution >= 4 is 11.6 Å². The van der Waals surface area contributed by atoms with Crippen LogP contribution in [0.5, 0.6) is 0 Å². The van der Waals surface area contributed by atoms with E-state index in [1.165, 1.54) is 12.8 Å². The molecule has 104 valence electrons. The molecule has 3 N–H and O–H groups in total. The monoisotopic (exact) mass is 270 g/mol. The summed E-state index contributed by atoms with van der Waals surface area (Å²) in [5, 5.41) is 3.37. The first-order chi connectivity index (χ1) is 9.66. The van der Waals surface area contributed by atoms with Crippen LogP contribution in [-0.4, -0.2) is 15.5 Å². The first-order valence-corrected chi connectivity index (χ1v) is 6.81. The van der Waals surface area contributed by atoms with Gasteiger partial charge in [-0.25, -0.2) is 4.98 Å². The highest BCUT2D eigenvalue weighted by atomic mass is 16.1. The maximum absolute atomic E-state index is 11.3. The third-order valence-corrected chi connectivity index (χ3v) is 3.75. The molecule has 1 heterocycles. The first kappa shape index (κ1) is 12.7. The van der Waals surface area contributed by atoms with E-state index >= 15 is 0 Å². The molecule has 1 aliphatic carbocycles. The Morgan fingerprint density at radius 3 is 3.00 bits per heavy atom. The summed E-state index contributed by atoms with van der Waals surface area (Å²) in [6.07, 6.45) is 6.25. The van der Waals surface area contributed by atoms with Crippen molar-refractivity contribution in [2.45, 2.75) is 32.4 Å². The molecule has 1 aliphatic rings. The van der Waals surface area contributed by atoms with Gasteiger partial charge in [-0.2, -0.15) is 0 Å². The van der Waals surface area contributed by atoms with Crippen LogP contribution in [0.1, 0.15) is 40.5 Å². The molecular weight excluding hydrogens is 252 g/mol. The van der Waals surface area contributed by atoms with E-state index in [9.17, 15) is 4.79 Å². The first-order valence-electron chi connectivity index (χ1n) is 6.81. The van der Waals surface area contributed by atoms with Gasteiger partial charge < -0.3 is 15.6 Å². The minimum atomic E-state index is -0.394. The molecule has 0 atom stereocenters. The van der Waals surface area contributed by atoms with Crippen LogP contribution in [0.3, 0.4) is 0 Å². The average molecular weight is 270 g/mol. The molecule has 2 aromatic rings. The Morgan fingerprint density at radius 1 is 1.50 bits per heavy atom. The largest absolute Gasteiger partial charge is 0.379 e. The van der Waals surface area contributed by atoms with Crippen LogP contribution >= 0.6 is 0 Å². The Balaban J connectivity index is 1.76. The second-order valence-corrected chi connectivity index (χ2v) is 5.22. The predicted molar refractivity (Wildman–Crippen MR) is 77.5 cm³/mol. The zero-order valence-corrected chi connectivity index (χ0v) is 11.5. The van der Waals surface area contributed by atoms with E-state index in [2.05, 4.69) is 14.9 Å². The van der Waals surface area contributed by atoms with Crippen molar-refractivity contribution in [3.8, 4) is 0 Å². The number of hydrogen-bond donors (Lipinski definition) is 2. The van der Waals surface area contributed by atoms with Crippen molar-refractivity contribution in [3.05, 3.63) is 47.5 Å². The van der Waals surface area contributed by atoms with Crippen LogP contribution in [0.2, 0.25) is 0 Å². The molecule has 1 aromatic carbocycles. The summed E-state index contributed by atoms with van der Waals surface area (Å²) < 4.78 is 2.22. The van der Waals surface area contributed by atoms with E-state index in [0.717, 1.165) is 16.9 Å². The number of primary amides is 1. The van der Waals surface area contributed by atoms with Gasteiger partial charge in [-0.05, 0) is 37.5 Å². The summed E-state index contributed by atoms with van der Waals surface area (Å²) in [5.74, 6) is -0.394. The second-order valence-electron chi connectivity index (χ2n) is 5.22. The fourth-order valence-electron chi connectivity index (χ4n) is 2.43. The van der Waals surface area contributed by atoms with Gasteiger partial charge in [0.05, 0.1) is 18.6 Å². The number of nitrogens with zero attached hydrogens (tertiary/aromatic N) is 2. The van der Waals surface area contributed by atoms with E-state index in [1.54, 1.807) is 6.07 Å². The van der Waals surface area contributed by atoms with E-state index < -0.39 is 5.91 Å². The SMILES string of the molecule is Cc1c(NCc2cncn2C2CC2)cccc1C(N)=O. The van der Waals surface area contributed by atoms with Crippen LogP contribution in [0.25, 0.3) is 0 Å². The van der Waals surface area contributed by atoms with E-state index in [0.29, 0.717) is 18.2 Å². The van der Waals surface area contributed by atoms with Crippen molar-refractivity contribution in [2.75, 3.05) is 5.32 Å². The zero-order chi connectivity index (χ0) is 14.1. The molecule has 0 spiro atoms. The summed E-state index contributed by atoms with van der Waals surface area (Å²) in [6, 6.07) is 6.16. The Bertz CT molecular complexity index is 643. The van der Waals surface area contributed by atoms with Crippen LogP contribution < -0.4 is 11.1 Å². The fourth-order valence-corrected chi connectivity index (χ4v) is 2.43. The molecule has 1 amide bonds. The number of nitrogens with two attached hydrogens (primary N) is 1. The molecule has 20 heavy (non-hydrogen) atoms. The molecule has 0 bridgehead atoms. The van der Waals surface area contributed by atoms with Crippen LogP contribution in [-0.2, 0) is 6.54 Å². The van der Waals surface area contributed by atoms with E-state index in [-0.39, 0.29) is 0 Å². The third-order valence-electron chi connectivity index (χ3n) is 3.75. The maximum atomic E-state index is 11.3. The molecule has 5 heteroatoms. The lowest BCUT2D eigenvalue weighted by Gasteiger charge is -2.13. The minimum Gasteiger partial charge on any atom is -0.379 e. The van der Waals surface area contributed by atoms with Gasteiger partial charge in [0, 0.05) is 23.5 Å². The lowest BCUT2D eigenvalue weighted by Crippen LogP contribution is -2.14. The molecule has 1 aromatic heterocycles. The second kappa shape index (κ2) is 5.00. The normalized spacial score (nSPS) is 14.2. The van der Waals surface area contributed by atoms with Gasteiger partial charge in [0.1, 0.15) is 0 Å². The number of carbonyl (C=O) groups excluding carboxylic acids is 1. The minimum absolute atomic E-state index is 0.394. The number of aromatic nitrogens is 2. The molecular formula is C15H18N4O. The lowest BCUT2D eigenvalue weighted by atomic mass is 10.1. The molecule has 1 fully saturated rings. The number of imidazole rings is 1. The van der Waals surface area contributed by atoms with E-state index in [4.69, 9.17) is 5.73 Å². The van der Waals surface area contributed by atoms with Gasteiger partial charge in [0.25, 0.3) is 0 Å². The van der Waals surface area contributed by atoms with Gasteiger partial charge in [-0.15, -0.1) is 0 Å². The number of nitrogens with one attached hydrogen (secondary N) is 1. The average Bonchev–Trinajstić information content (AvgIpc) is 3.16. The van der Waals surface area contributed by atoms with Gasteiger partial charge in [0.15, 0.2) is 0 Å². The van der Waals surface area contributed by atoms with Crippen molar-refractivity contribution in [2.24, 2.45) is 5.73 Å². The Hall–Kier alpha value is -2.30. The molecule has 1 saturated carbocycles. The smallest absolute Gasteiger partial charge is 0.249 e. The summed E-state index contributed by atoms with van der Waals surface area (Å²) in [5.41, 5.74) is 8.91. The molecule has 0 saturated heterocycles. The quantitative estimate of drug-likeness (QED) is 0.875. The van der Waals surface area contributed by atoms with Crippen molar-refractivity contribution in [1.29, 1.82) is 0 Å². The summed E-state index contributed by atoms with van der Waals surface area (Å²) in [7, 11) is 0. The lowest BCUT2D eigenvalue weighted by molar-refractivity contribution is 0.1000. The van der Waals surface area contributed by atoms with E-state index in [1.807, 2.05) is 31.6 Å². The maximum Gasteiger partial charge on any atom is 0.249 e. The van der Waals surface area contributed by atoms with Gasteiger partial charge in [-0.1, -0.05) is 6.07 Å². The highest BCUT2D eigenvalue weighted by molar-refractivity contribution is 5.95. The third kappa shape index (κ3) is 2.39. The molecule has 0 radical (unpaired) electrons. The predicted octanol–water partition coefficient (Wildman–Crippen LogP) is 2.24. The standard InChI is InChI=1S/C15H18N4O/c1-10-13(15(16)20)3-2-4-14(10)18-8-12-7-17-9-19(12)11-5-6-11/h2-4,7,9,11,18H,5-6,8H2,1H3,(H2,16,20). The van der Waals surface area contributed by atoms with Gasteiger partial charge >= 0.3 is 0 Å². The highest BCUT2D eigenvalue weighted by Gasteiger charge is 2.25. The topological polar surface area (TPSA) is 72.9 Å². The van der Waals surface area contributed by atoms with Crippen LogP contribution in [0, 0.1) is 6.92 Å². The number of rotatable bonds is 5. The number of carbonyl (C=O) groups is 1. The number of amides is 1. The van der Waals surface area contributed by atoms with Crippen molar-refractivity contribution in [1.82, 2.24) is 9.55 Å². The molecule has 5 nitrogen and oxygen atoms in total. The Kier molecular flexibility index (Phi) is 3.18. The van der Waals surface area contributed by atoms with Gasteiger partial charge in [-0.3, -0.25) is 4.79 Å². The van der Waals surface area contributed by atoms with Crippen molar-refractivity contribution in [3.63, 3.8) is 0 Å². The number of benzene rings is 1. The number of anilines is 1. The van der Waals surface area contributed by atoms with Gasteiger partial charge in [0.2, 0.25) is 5.91 Å². The molecule has 0 unspecified atom stereocenters. The summed E-state index contributed by atoms with van der Waals surface area (Å²) in [6.45, 7) is 2.60. The molecule has 3 rings (SSSR count). The Morgan fingerprint density at radius 2 is 2.30 bits per heavy atom. The highest BCUT2D eigenvalue weighted by Crippen LogP contribution is 2.35. The van der Waals surface area contributed by atoms with Crippen molar-refractivity contribution < 1.29 is 4.79 Å².